The van der Waals surface area contributed by atoms with Crippen molar-refractivity contribution >= 4 is 17.4 Å². The van der Waals surface area contributed by atoms with Gasteiger partial charge in [0.05, 0.1) is 19.2 Å². The van der Waals surface area contributed by atoms with Crippen molar-refractivity contribution in [2.45, 2.75) is 19.0 Å². The Kier molecular flexibility index (Phi) is 6.26. The molecule has 0 spiro atoms. The van der Waals surface area contributed by atoms with E-state index in [1.54, 1.807) is 14.0 Å². The van der Waals surface area contributed by atoms with Gasteiger partial charge in [-0.15, -0.1) is 0 Å². The third kappa shape index (κ3) is 4.15. The molecule has 1 heterocycles. The van der Waals surface area contributed by atoms with Crippen molar-refractivity contribution in [3.63, 3.8) is 0 Å². The van der Waals surface area contributed by atoms with Crippen LogP contribution in [-0.2, 0) is 14.3 Å². The van der Waals surface area contributed by atoms with Crippen molar-refractivity contribution in [3.8, 4) is 0 Å². The van der Waals surface area contributed by atoms with Crippen LogP contribution in [0.1, 0.15) is 18.1 Å². The van der Waals surface area contributed by atoms with Crippen molar-refractivity contribution in [2.75, 3.05) is 27.2 Å². The number of hydrogen-bond donors (Lipinski definition) is 0. The SMILES string of the molecule is CCOC(=O)[C@H]1[C@@H](C=C(c2ccccc2)c2ccccc2)N(C)CC(=O)N1C. The molecule has 5 heteroatoms. The highest BCUT2D eigenvalue weighted by atomic mass is 16.5. The summed E-state index contributed by atoms with van der Waals surface area (Å²) in [5.74, 6) is -0.474. The van der Waals surface area contributed by atoms with Crippen LogP contribution >= 0.6 is 0 Å². The molecular formula is C23H26N2O3. The zero-order valence-corrected chi connectivity index (χ0v) is 16.5. The third-order valence-corrected chi connectivity index (χ3v) is 5.06. The smallest absolute Gasteiger partial charge is 0.330 e. The van der Waals surface area contributed by atoms with Crippen LogP contribution < -0.4 is 0 Å². The number of benzene rings is 2. The summed E-state index contributed by atoms with van der Waals surface area (Å²) in [7, 11) is 3.54. The highest BCUT2D eigenvalue weighted by Crippen LogP contribution is 2.27. The first-order valence-electron chi connectivity index (χ1n) is 9.48. The molecule has 2 atom stereocenters. The average Bonchev–Trinajstić information content (AvgIpc) is 2.71. The molecule has 1 fully saturated rings. The molecule has 0 aromatic heterocycles. The number of rotatable bonds is 5. The molecule has 0 aliphatic carbocycles. The largest absolute Gasteiger partial charge is 0.464 e. The van der Waals surface area contributed by atoms with E-state index < -0.39 is 6.04 Å². The maximum atomic E-state index is 12.7. The molecule has 1 amide bonds. The van der Waals surface area contributed by atoms with Gasteiger partial charge >= 0.3 is 5.97 Å². The second-order valence-corrected chi connectivity index (χ2v) is 6.92. The fourth-order valence-corrected chi connectivity index (χ4v) is 3.56. The Morgan fingerprint density at radius 3 is 2.07 bits per heavy atom. The molecule has 0 N–H and O–H groups in total. The number of nitrogens with zero attached hydrogens (tertiary/aromatic N) is 2. The minimum atomic E-state index is -0.686. The molecule has 0 bridgehead atoms. The lowest BCUT2D eigenvalue weighted by molar-refractivity contribution is -0.160. The molecule has 5 nitrogen and oxygen atoms in total. The maximum Gasteiger partial charge on any atom is 0.330 e. The van der Waals surface area contributed by atoms with Crippen molar-refractivity contribution < 1.29 is 14.3 Å². The molecule has 2 aromatic carbocycles. The molecule has 146 valence electrons. The molecule has 1 aliphatic rings. The monoisotopic (exact) mass is 378 g/mol. The topological polar surface area (TPSA) is 49.9 Å². The molecule has 1 aliphatic heterocycles. The van der Waals surface area contributed by atoms with Crippen LogP contribution in [0.2, 0.25) is 0 Å². The van der Waals surface area contributed by atoms with E-state index in [0.717, 1.165) is 16.7 Å². The molecule has 3 rings (SSSR count). The maximum absolute atomic E-state index is 12.7. The minimum absolute atomic E-state index is 0.0915. The Labute approximate surface area is 166 Å². The summed E-state index contributed by atoms with van der Waals surface area (Å²) in [6.45, 7) is 2.31. The molecular weight excluding hydrogens is 352 g/mol. The van der Waals surface area contributed by atoms with Crippen molar-refractivity contribution in [1.29, 1.82) is 0 Å². The first kappa shape index (κ1) is 19.8. The third-order valence-electron chi connectivity index (χ3n) is 5.06. The second kappa shape index (κ2) is 8.85. The number of likely N-dealkylation sites (N-methyl/N-ethyl adjacent to an activating group) is 2. The van der Waals surface area contributed by atoms with Gasteiger partial charge in [-0.3, -0.25) is 9.69 Å². The lowest BCUT2D eigenvalue weighted by Gasteiger charge is -2.42. The summed E-state index contributed by atoms with van der Waals surface area (Å²) in [4.78, 5) is 28.5. The zero-order valence-electron chi connectivity index (χ0n) is 16.5. The van der Waals surface area contributed by atoms with Gasteiger partial charge in [0, 0.05) is 7.05 Å². The average molecular weight is 378 g/mol. The van der Waals surface area contributed by atoms with Crippen LogP contribution in [0.4, 0.5) is 0 Å². The number of carbonyl (C=O) groups excluding carboxylic acids is 2. The number of ether oxygens (including phenoxy) is 1. The van der Waals surface area contributed by atoms with Crippen LogP contribution in [0.5, 0.6) is 0 Å². The Hall–Kier alpha value is -2.92. The van der Waals surface area contributed by atoms with Gasteiger partial charge in [-0.25, -0.2) is 4.79 Å². The fraction of sp³-hybridized carbons (Fsp3) is 0.304. The lowest BCUT2D eigenvalue weighted by Crippen LogP contribution is -2.62. The molecule has 0 radical (unpaired) electrons. The van der Waals surface area contributed by atoms with Crippen LogP contribution in [0.15, 0.2) is 66.7 Å². The van der Waals surface area contributed by atoms with Crippen molar-refractivity contribution in [2.24, 2.45) is 0 Å². The molecule has 0 saturated carbocycles. The lowest BCUT2D eigenvalue weighted by atomic mass is 9.92. The van der Waals surface area contributed by atoms with Gasteiger partial charge in [-0.1, -0.05) is 66.7 Å². The summed E-state index contributed by atoms with van der Waals surface area (Å²) in [6.07, 6.45) is 2.08. The Bertz CT molecular complexity index is 807. The van der Waals surface area contributed by atoms with E-state index in [2.05, 4.69) is 30.3 Å². The van der Waals surface area contributed by atoms with Crippen molar-refractivity contribution in [3.05, 3.63) is 77.9 Å². The Morgan fingerprint density at radius 2 is 1.57 bits per heavy atom. The number of carbonyl (C=O) groups is 2. The van der Waals surface area contributed by atoms with Gasteiger partial charge in [0.15, 0.2) is 0 Å². The van der Waals surface area contributed by atoms with Gasteiger partial charge < -0.3 is 9.64 Å². The predicted molar refractivity (Wildman–Crippen MR) is 110 cm³/mol. The Balaban J connectivity index is 2.10. The standard InChI is InChI=1S/C23H26N2O3/c1-4-28-23(27)22-20(24(2)16-21(26)25(22)3)15-19(17-11-7-5-8-12-17)18-13-9-6-10-14-18/h5-15,20,22H,4,16H2,1-3H3/t20-,22-/m1/s1. The summed E-state index contributed by atoms with van der Waals surface area (Å²) in [5.41, 5.74) is 3.14. The fourth-order valence-electron chi connectivity index (χ4n) is 3.56. The normalized spacial score (nSPS) is 20.0. The first-order valence-corrected chi connectivity index (χ1v) is 9.48. The highest BCUT2D eigenvalue weighted by molar-refractivity contribution is 5.89. The molecule has 2 aromatic rings. The number of hydrogen-bond acceptors (Lipinski definition) is 4. The number of piperazine rings is 1. The molecule has 1 saturated heterocycles. The van der Waals surface area contributed by atoms with E-state index in [4.69, 9.17) is 4.74 Å². The van der Waals surface area contributed by atoms with Crippen LogP contribution in [-0.4, -0.2) is 61.0 Å². The van der Waals surface area contributed by atoms with Crippen LogP contribution in [0.25, 0.3) is 5.57 Å². The van der Waals surface area contributed by atoms with Gasteiger partial charge in [0.2, 0.25) is 5.91 Å². The minimum Gasteiger partial charge on any atom is -0.464 e. The molecule has 28 heavy (non-hydrogen) atoms. The summed E-state index contributed by atoms with van der Waals surface area (Å²) in [6, 6.07) is 19.2. The quantitative estimate of drug-likeness (QED) is 0.751. The predicted octanol–water partition coefficient (Wildman–Crippen LogP) is 2.82. The van der Waals surface area contributed by atoms with Gasteiger partial charge in [0.25, 0.3) is 0 Å². The number of amides is 1. The zero-order chi connectivity index (χ0) is 20.1. The van der Waals surface area contributed by atoms with Crippen LogP contribution in [0.3, 0.4) is 0 Å². The summed E-state index contributed by atoms with van der Waals surface area (Å²) >= 11 is 0. The van der Waals surface area contributed by atoms with Gasteiger partial charge in [-0.2, -0.15) is 0 Å². The van der Waals surface area contributed by atoms with E-state index in [1.165, 1.54) is 4.90 Å². The first-order chi connectivity index (χ1) is 13.5. The number of esters is 1. The molecule has 0 unspecified atom stereocenters. The van der Waals surface area contributed by atoms with Gasteiger partial charge in [-0.05, 0) is 30.7 Å². The van der Waals surface area contributed by atoms with Crippen LogP contribution in [0, 0.1) is 0 Å². The van der Waals surface area contributed by atoms with E-state index >= 15 is 0 Å². The van der Waals surface area contributed by atoms with Crippen molar-refractivity contribution in [1.82, 2.24) is 9.80 Å². The van der Waals surface area contributed by atoms with E-state index in [0.29, 0.717) is 0 Å². The van der Waals surface area contributed by atoms with E-state index in [1.807, 2.05) is 48.3 Å². The van der Waals surface area contributed by atoms with E-state index in [9.17, 15) is 9.59 Å². The summed E-state index contributed by atoms with van der Waals surface area (Å²) < 4.78 is 5.28. The van der Waals surface area contributed by atoms with E-state index in [-0.39, 0.29) is 31.1 Å². The summed E-state index contributed by atoms with van der Waals surface area (Å²) in [5, 5.41) is 0. The second-order valence-electron chi connectivity index (χ2n) is 6.92. The highest BCUT2D eigenvalue weighted by Gasteiger charge is 2.41. The van der Waals surface area contributed by atoms with Gasteiger partial charge in [0.1, 0.15) is 6.04 Å². The Morgan fingerprint density at radius 1 is 1.04 bits per heavy atom.